The van der Waals surface area contributed by atoms with Gasteiger partial charge in [-0.25, -0.2) is 8.42 Å². The van der Waals surface area contributed by atoms with Gasteiger partial charge in [0.2, 0.25) is 0 Å². The van der Waals surface area contributed by atoms with E-state index >= 15 is 0 Å². The molecule has 1 aliphatic carbocycles. The average Bonchev–Trinajstić information content (AvgIpc) is 2.16. The van der Waals surface area contributed by atoms with Crippen LogP contribution in [0.15, 0.2) is 0 Å². The molecule has 1 aliphatic rings. The molecular weight excluding hydrogens is 220 g/mol. The van der Waals surface area contributed by atoms with Crippen molar-refractivity contribution >= 4 is 22.7 Å². The van der Waals surface area contributed by atoms with Crippen molar-refractivity contribution in [3.8, 4) is 0 Å². The van der Waals surface area contributed by atoms with E-state index in [0.717, 1.165) is 12.8 Å². The van der Waals surface area contributed by atoms with Crippen LogP contribution < -0.4 is 10.5 Å². The summed E-state index contributed by atoms with van der Waals surface area (Å²) in [7, 11) is -2.89. The highest BCUT2D eigenvalue weighted by atomic mass is 32.2. The van der Waals surface area contributed by atoms with Crippen molar-refractivity contribution in [1.82, 2.24) is 4.72 Å². The van der Waals surface area contributed by atoms with E-state index in [1.807, 2.05) is 0 Å². The molecule has 4 nitrogen and oxygen atoms in total. The van der Waals surface area contributed by atoms with Crippen molar-refractivity contribution in [1.29, 1.82) is 0 Å². The van der Waals surface area contributed by atoms with Crippen molar-refractivity contribution in [2.45, 2.75) is 36.5 Å². The van der Waals surface area contributed by atoms with Gasteiger partial charge in [-0.2, -0.15) is 0 Å². The molecule has 0 heterocycles. The van der Waals surface area contributed by atoms with Gasteiger partial charge in [-0.1, -0.05) is 12.8 Å². The Labute approximate surface area is 91.1 Å². The molecule has 0 spiro atoms. The third-order valence-corrected chi connectivity index (χ3v) is 5.28. The summed E-state index contributed by atoms with van der Waals surface area (Å²) in [6, 6.07) is 0. The number of rotatable bonds is 3. The van der Waals surface area contributed by atoms with E-state index < -0.39 is 9.84 Å². The fourth-order valence-corrected chi connectivity index (χ4v) is 3.34. The molecular formula is C8H18N2O2S2. The predicted octanol–water partition coefficient (Wildman–Crippen LogP) is 0.105. The quantitative estimate of drug-likeness (QED) is 0.610. The first-order valence-electron chi connectivity index (χ1n) is 4.74. The van der Waals surface area contributed by atoms with Crippen LogP contribution in [0.5, 0.6) is 0 Å². The molecule has 0 unspecified atom stereocenters. The maximum absolute atomic E-state index is 11.3. The number of hydrogen-bond donors (Lipinski definition) is 3. The maximum atomic E-state index is 11.3. The summed E-state index contributed by atoms with van der Waals surface area (Å²) >= 11 is 4.05. The van der Waals surface area contributed by atoms with Gasteiger partial charge >= 0.3 is 0 Å². The summed E-state index contributed by atoms with van der Waals surface area (Å²) in [5.41, 5.74) is 5.48. The lowest BCUT2D eigenvalue weighted by Crippen LogP contribution is -2.51. The Balaban J connectivity index is 2.62. The molecule has 0 atom stereocenters. The minimum absolute atomic E-state index is 0.162. The Kier molecular flexibility index (Phi) is 3.85. The molecule has 0 aromatic carbocycles. The van der Waals surface area contributed by atoms with Gasteiger partial charge in [0.15, 0.2) is 0 Å². The molecule has 0 radical (unpaired) electrons. The largest absolute Gasteiger partial charge is 0.329 e. The van der Waals surface area contributed by atoms with Crippen LogP contribution in [0.25, 0.3) is 0 Å². The zero-order valence-electron chi connectivity index (χ0n) is 8.36. The summed E-state index contributed by atoms with van der Waals surface area (Å²) in [5, 5.41) is -0.191. The van der Waals surface area contributed by atoms with Crippen molar-refractivity contribution < 1.29 is 8.42 Å². The number of nitrogens with two attached hydrogens (primary N) is 1. The van der Waals surface area contributed by atoms with E-state index in [1.165, 1.54) is 6.26 Å². The third kappa shape index (κ3) is 2.62. The van der Waals surface area contributed by atoms with Crippen LogP contribution in [0.2, 0.25) is 0 Å². The molecule has 84 valence electrons. The van der Waals surface area contributed by atoms with Gasteiger partial charge in [-0.3, -0.25) is 4.72 Å². The summed E-state index contributed by atoms with van der Waals surface area (Å²) in [6.07, 6.45) is 4.24. The van der Waals surface area contributed by atoms with Crippen LogP contribution in [0, 0.1) is 0 Å². The van der Waals surface area contributed by atoms with Gasteiger partial charge in [-0.15, -0.1) is 0 Å². The zero-order chi connectivity index (χ0) is 10.8. The van der Waals surface area contributed by atoms with Crippen molar-refractivity contribution in [3.05, 3.63) is 0 Å². The van der Waals surface area contributed by atoms with Crippen LogP contribution in [0.1, 0.15) is 25.7 Å². The molecule has 0 saturated heterocycles. The van der Waals surface area contributed by atoms with Crippen molar-refractivity contribution in [3.63, 3.8) is 0 Å². The first-order chi connectivity index (χ1) is 6.43. The van der Waals surface area contributed by atoms with Crippen LogP contribution in [-0.2, 0) is 9.84 Å². The monoisotopic (exact) mass is 238 g/mol. The van der Waals surface area contributed by atoms with Gasteiger partial charge < -0.3 is 5.73 Å². The van der Waals surface area contributed by atoms with Crippen LogP contribution in [0.4, 0.5) is 0 Å². The SMILES string of the molecule is CS(=O)(=O)C1CCC(CN)(NS)CC1. The zero-order valence-corrected chi connectivity index (χ0v) is 10.1. The van der Waals surface area contributed by atoms with Gasteiger partial charge in [0.1, 0.15) is 9.84 Å². The highest BCUT2D eigenvalue weighted by Crippen LogP contribution is 2.31. The molecule has 14 heavy (non-hydrogen) atoms. The molecule has 0 aromatic rings. The highest BCUT2D eigenvalue weighted by molar-refractivity contribution is 7.91. The number of hydrogen-bond acceptors (Lipinski definition) is 5. The van der Waals surface area contributed by atoms with Crippen LogP contribution >= 0.6 is 12.8 Å². The fourth-order valence-electron chi connectivity index (χ4n) is 1.93. The van der Waals surface area contributed by atoms with Gasteiger partial charge in [-0.05, 0) is 25.7 Å². The molecule has 0 aliphatic heterocycles. The Hall–Kier alpha value is 0.220. The number of sulfone groups is 1. The normalized spacial score (nSPS) is 34.4. The van der Waals surface area contributed by atoms with Crippen molar-refractivity contribution in [2.75, 3.05) is 12.8 Å². The second kappa shape index (κ2) is 4.38. The number of thiol groups is 1. The highest BCUT2D eigenvalue weighted by Gasteiger charge is 2.36. The second-order valence-corrected chi connectivity index (χ2v) is 6.67. The molecule has 3 N–H and O–H groups in total. The fraction of sp³-hybridized carbons (Fsp3) is 1.00. The molecule has 1 fully saturated rings. The molecule has 6 heteroatoms. The topological polar surface area (TPSA) is 72.2 Å². The van der Waals surface area contributed by atoms with E-state index in [4.69, 9.17) is 5.73 Å². The second-order valence-electron chi connectivity index (χ2n) is 4.13. The Morgan fingerprint density at radius 3 is 2.29 bits per heavy atom. The first-order valence-corrected chi connectivity index (χ1v) is 7.14. The first kappa shape index (κ1) is 12.3. The molecule has 1 saturated carbocycles. The Bertz CT molecular complexity index is 276. The van der Waals surface area contributed by atoms with E-state index in [9.17, 15) is 8.42 Å². The molecule has 1 rings (SSSR count). The van der Waals surface area contributed by atoms with E-state index in [1.54, 1.807) is 0 Å². The Morgan fingerprint density at radius 2 is 2.00 bits per heavy atom. The summed E-state index contributed by atoms with van der Waals surface area (Å²) in [4.78, 5) is 0. The minimum atomic E-state index is -2.89. The predicted molar refractivity (Wildman–Crippen MR) is 61.0 cm³/mol. The van der Waals surface area contributed by atoms with Gasteiger partial charge in [0.25, 0.3) is 0 Å². The number of nitrogens with one attached hydrogen (secondary N) is 1. The van der Waals surface area contributed by atoms with Gasteiger partial charge in [0, 0.05) is 18.3 Å². The van der Waals surface area contributed by atoms with Crippen molar-refractivity contribution in [2.24, 2.45) is 5.73 Å². The van der Waals surface area contributed by atoms with E-state index in [-0.39, 0.29) is 10.8 Å². The third-order valence-electron chi connectivity index (χ3n) is 3.12. The standard InChI is InChI=1S/C8H18N2O2S2/c1-14(11,12)7-2-4-8(6-9,10-13)5-3-7/h7,10,13H,2-6,9H2,1H3. The average molecular weight is 238 g/mol. The molecule has 0 aromatic heterocycles. The lowest BCUT2D eigenvalue weighted by Gasteiger charge is -2.38. The smallest absolute Gasteiger partial charge is 0.150 e. The summed E-state index contributed by atoms with van der Waals surface area (Å²) in [5.74, 6) is 0. The summed E-state index contributed by atoms with van der Waals surface area (Å²) in [6.45, 7) is 0.507. The minimum Gasteiger partial charge on any atom is -0.329 e. The molecule has 0 amide bonds. The van der Waals surface area contributed by atoms with Gasteiger partial charge in [0.05, 0.1) is 5.25 Å². The van der Waals surface area contributed by atoms with Crippen LogP contribution in [0.3, 0.4) is 0 Å². The lowest BCUT2D eigenvalue weighted by atomic mass is 9.82. The van der Waals surface area contributed by atoms with E-state index in [0.29, 0.717) is 19.4 Å². The summed E-state index contributed by atoms with van der Waals surface area (Å²) < 4.78 is 25.5. The molecule has 0 bridgehead atoms. The maximum Gasteiger partial charge on any atom is 0.150 e. The lowest BCUT2D eigenvalue weighted by molar-refractivity contribution is 0.285. The van der Waals surface area contributed by atoms with Crippen LogP contribution in [-0.4, -0.2) is 32.0 Å². The Morgan fingerprint density at radius 1 is 1.50 bits per heavy atom. The van der Waals surface area contributed by atoms with E-state index in [2.05, 4.69) is 17.5 Å².